The first-order chi connectivity index (χ1) is 9.78. The zero-order valence-electron chi connectivity index (χ0n) is 11.7. The van der Waals surface area contributed by atoms with Crippen LogP contribution in [-0.2, 0) is 19.6 Å². The maximum Gasteiger partial charge on any atom is 0.0643 e. The maximum atomic E-state index is 6.46. The molecule has 0 bridgehead atoms. The highest BCUT2D eigenvalue weighted by Crippen LogP contribution is 2.33. The molecule has 1 aliphatic heterocycles. The monoisotopic (exact) mass is 286 g/mol. The minimum atomic E-state index is 0.841. The summed E-state index contributed by atoms with van der Waals surface area (Å²) in [6.45, 7) is 5.85. The molecule has 1 N–H and O–H groups in total. The smallest absolute Gasteiger partial charge is 0.0643 e. The third kappa shape index (κ3) is 2.67. The fraction of sp³-hybridized carbons (Fsp3) is 0.294. The largest absolute Gasteiger partial charge is 0.362 e. The topological polar surface area (TPSA) is 15.3 Å². The fourth-order valence-corrected chi connectivity index (χ4v) is 3.01. The van der Waals surface area contributed by atoms with Crippen LogP contribution in [0.3, 0.4) is 0 Å². The highest BCUT2D eigenvalue weighted by Gasteiger charge is 2.20. The quantitative estimate of drug-likeness (QED) is 0.915. The summed E-state index contributed by atoms with van der Waals surface area (Å²) < 4.78 is 0. The average Bonchev–Trinajstić information content (AvgIpc) is 2.88. The molecule has 0 atom stereocenters. The lowest BCUT2D eigenvalue weighted by Gasteiger charge is -2.20. The number of nitrogens with zero attached hydrogens (tertiary/aromatic N) is 1. The van der Waals surface area contributed by atoms with E-state index in [4.69, 9.17) is 11.6 Å². The van der Waals surface area contributed by atoms with Gasteiger partial charge in [0.05, 0.1) is 10.7 Å². The molecule has 0 spiro atoms. The van der Waals surface area contributed by atoms with Crippen LogP contribution >= 0.6 is 11.6 Å². The van der Waals surface area contributed by atoms with E-state index < -0.39 is 0 Å². The molecule has 0 fully saturated rings. The molecule has 1 aliphatic rings. The van der Waals surface area contributed by atoms with Crippen LogP contribution < -0.4 is 10.2 Å². The number of halogens is 1. The Hall–Kier alpha value is -1.51. The second-order valence-electron chi connectivity index (χ2n) is 5.19. The number of hydrogen-bond donors (Lipinski definition) is 1. The molecule has 0 saturated carbocycles. The third-order valence-electron chi connectivity index (χ3n) is 3.77. The highest BCUT2D eigenvalue weighted by molar-refractivity contribution is 6.33. The third-order valence-corrected chi connectivity index (χ3v) is 4.08. The predicted octanol–water partition coefficient (Wildman–Crippen LogP) is 3.97. The van der Waals surface area contributed by atoms with Crippen molar-refractivity contribution in [2.45, 2.75) is 26.6 Å². The van der Waals surface area contributed by atoms with E-state index in [1.54, 1.807) is 0 Å². The molecule has 0 saturated heterocycles. The van der Waals surface area contributed by atoms with E-state index in [0.29, 0.717) is 0 Å². The van der Waals surface area contributed by atoms with Gasteiger partial charge in [0.1, 0.15) is 0 Å². The predicted molar refractivity (Wildman–Crippen MR) is 85.2 cm³/mol. The van der Waals surface area contributed by atoms with E-state index >= 15 is 0 Å². The van der Waals surface area contributed by atoms with Gasteiger partial charge in [-0.25, -0.2) is 0 Å². The van der Waals surface area contributed by atoms with Crippen LogP contribution in [0.1, 0.15) is 23.6 Å². The van der Waals surface area contributed by atoms with Crippen molar-refractivity contribution in [2.75, 3.05) is 11.4 Å². The molecule has 2 aromatic rings. The van der Waals surface area contributed by atoms with E-state index in [-0.39, 0.29) is 0 Å². The molecule has 0 aromatic heterocycles. The Labute approximate surface area is 125 Å². The van der Waals surface area contributed by atoms with Crippen molar-refractivity contribution in [3.63, 3.8) is 0 Å². The lowest BCUT2D eigenvalue weighted by molar-refractivity contribution is 0.726. The summed E-state index contributed by atoms with van der Waals surface area (Å²) in [6, 6.07) is 15.0. The molecular formula is C17H19ClN2. The summed E-state index contributed by atoms with van der Waals surface area (Å²) in [4.78, 5) is 2.34. The highest BCUT2D eigenvalue weighted by atomic mass is 35.5. The Kier molecular flexibility index (Phi) is 3.95. The van der Waals surface area contributed by atoms with Crippen molar-refractivity contribution in [1.29, 1.82) is 0 Å². The number of fused-ring (bicyclic) bond motifs is 1. The van der Waals surface area contributed by atoms with Crippen molar-refractivity contribution in [3.05, 3.63) is 64.2 Å². The van der Waals surface area contributed by atoms with Crippen LogP contribution in [0.2, 0.25) is 5.02 Å². The Bertz CT molecular complexity index is 585. The molecule has 0 aliphatic carbocycles. The van der Waals surface area contributed by atoms with E-state index in [1.165, 1.54) is 16.7 Å². The standard InChI is InChI=1S/C17H19ClN2/c1-2-19-10-13-7-8-17(16(18)9-13)20-11-14-5-3-4-6-15(14)12-20/h3-9,19H,2,10-12H2,1H3. The number of benzene rings is 2. The lowest BCUT2D eigenvalue weighted by atomic mass is 10.1. The minimum absolute atomic E-state index is 0.841. The van der Waals surface area contributed by atoms with Gasteiger partial charge in [0, 0.05) is 19.6 Å². The van der Waals surface area contributed by atoms with Gasteiger partial charge in [-0.3, -0.25) is 0 Å². The summed E-state index contributed by atoms with van der Waals surface area (Å²) in [6.07, 6.45) is 0. The molecular weight excluding hydrogens is 268 g/mol. The van der Waals surface area contributed by atoms with Gasteiger partial charge in [0.15, 0.2) is 0 Å². The van der Waals surface area contributed by atoms with Gasteiger partial charge in [-0.05, 0) is 35.4 Å². The van der Waals surface area contributed by atoms with E-state index in [1.807, 2.05) is 0 Å². The first kappa shape index (κ1) is 13.5. The summed E-state index contributed by atoms with van der Waals surface area (Å²) in [7, 11) is 0. The van der Waals surface area contributed by atoms with Crippen molar-refractivity contribution < 1.29 is 0 Å². The normalized spacial score (nSPS) is 13.6. The molecule has 2 nitrogen and oxygen atoms in total. The van der Waals surface area contributed by atoms with E-state index in [0.717, 1.165) is 36.9 Å². The number of anilines is 1. The Morgan fingerprint density at radius 1 is 1.10 bits per heavy atom. The second kappa shape index (κ2) is 5.86. The first-order valence-corrected chi connectivity index (χ1v) is 7.46. The molecule has 104 valence electrons. The summed E-state index contributed by atoms with van der Waals surface area (Å²) in [5.41, 5.74) is 5.17. The van der Waals surface area contributed by atoms with Crippen LogP contribution in [0.4, 0.5) is 5.69 Å². The number of nitrogens with one attached hydrogen (secondary N) is 1. The molecule has 3 rings (SSSR count). The molecule has 0 amide bonds. The van der Waals surface area contributed by atoms with Gasteiger partial charge >= 0.3 is 0 Å². The van der Waals surface area contributed by atoms with E-state index in [9.17, 15) is 0 Å². The molecule has 0 unspecified atom stereocenters. The first-order valence-electron chi connectivity index (χ1n) is 7.09. The molecule has 3 heteroatoms. The van der Waals surface area contributed by atoms with Crippen LogP contribution in [0, 0.1) is 0 Å². The zero-order chi connectivity index (χ0) is 13.9. The van der Waals surface area contributed by atoms with Crippen molar-refractivity contribution >= 4 is 17.3 Å². The second-order valence-corrected chi connectivity index (χ2v) is 5.60. The Morgan fingerprint density at radius 2 is 1.80 bits per heavy atom. The summed E-state index contributed by atoms with van der Waals surface area (Å²) in [5, 5.41) is 4.16. The average molecular weight is 287 g/mol. The van der Waals surface area contributed by atoms with E-state index in [2.05, 4.69) is 59.6 Å². The molecule has 1 heterocycles. The number of rotatable bonds is 4. The van der Waals surface area contributed by atoms with Gasteiger partial charge in [0.25, 0.3) is 0 Å². The van der Waals surface area contributed by atoms with Crippen LogP contribution in [0.15, 0.2) is 42.5 Å². The van der Waals surface area contributed by atoms with Gasteiger partial charge in [-0.1, -0.05) is 48.9 Å². The van der Waals surface area contributed by atoms with Crippen LogP contribution in [0.5, 0.6) is 0 Å². The fourth-order valence-electron chi connectivity index (χ4n) is 2.69. The molecule has 2 aromatic carbocycles. The Morgan fingerprint density at radius 3 is 2.40 bits per heavy atom. The van der Waals surface area contributed by atoms with Gasteiger partial charge in [-0.2, -0.15) is 0 Å². The lowest BCUT2D eigenvalue weighted by Crippen LogP contribution is -2.16. The maximum absolute atomic E-state index is 6.46. The van der Waals surface area contributed by atoms with Gasteiger partial charge in [-0.15, -0.1) is 0 Å². The van der Waals surface area contributed by atoms with Gasteiger partial charge in [0.2, 0.25) is 0 Å². The van der Waals surface area contributed by atoms with Crippen molar-refractivity contribution in [1.82, 2.24) is 5.32 Å². The van der Waals surface area contributed by atoms with Gasteiger partial charge < -0.3 is 10.2 Å². The summed E-state index contributed by atoms with van der Waals surface area (Å²) >= 11 is 6.46. The minimum Gasteiger partial charge on any atom is -0.362 e. The van der Waals surface area contributed by atoms with Crippen LogP contribution in [0.25, 0.3) is 0 Å². The SMILES string of the molecule is CCNCc1ccc(N2Cc3ccccc3C2)c(Cl)c1. The van der Waals surface area contributed by atoms with Crippen molar-refractivity contribution in [3.8, 4) is 0 Å². The Balaban J connectivity index is 1.79. The molecule has 20 heavy (non-hydrogen) atoms. The molecule has 0 radical (unpaired) electrons. The number of hydrogen-bond acceptors (Lipinski definition) is 2. The zero-order valence-corrected chi connectivity index (χ0v) is 12.5. The summed E-state index contributed by atoms with van der Waals surface area (Å²) in [5.74, 6) is 0. The van der Waals surface area contributed by atoms with Crippen molar-refractivity contribution in [2.24, 2.45) is 0 Å². The van der Waals surface area contributed by atoms with Crippen LogP contribution in [-0.4, -0.2) is 6.54 Å².